The zero-order valence-corrected chi connectivity index (χ0v) is 14.8. The van der Waals surface area contributed by atoms with Gasteiger partial charge in [0.05, 0.1) is 19.6 Å². The lowest BCUT2D eigenvalue weighted by atomic mass is 9.86. The Hall–Kier alpha value is -0.730. The number of carboxylic acid groups (broad SMARTS) is 1. The number of nitrogens with zero attached hydrogens (tertiary/aromatic N) is 2. The molecular weight excluding hydrogens is 412 g/mol. The fourth-order valence-electron chi connectivity index (χ4n) is 1.80. The minimum absolute atomic E-state index is 0.0540. The number of halogens is 2. The molecule has 0 bridgehead atoms. The van der Waals surface area contributed by atoms with Crippen LogP contribution in [0.5, 0.6) is 0 Å². The summed E-state index contributed by atoms with van der Waals surface area (Å²) in [5, 5.41) is 16.9. The number of hydrogen-bond donors (Lipinski definition) is 1. The topological polar surface area (TPSA) is 76.2 Å². The van der Waals surface area contributed by atoms with Gasteiger partial charge in [-0.25, -0.2) is 0 Å². The maximum absolute atomic E-state index is 10.8. The third-order valence-corrected chi connectivity index (χ3v) is 4.95. The van der Waals surface area contributed by atoms with Crippen LogP contribution in [0.25, 0.3) is 11.5 Å². The second-order valence-electron chi connectivity index (χ2n) is 5.15. The Morgan fingerprint density at radius 1 is 1.45 bits per heavy atom. The summed E-state index contributed by atoms with van der Waals surface area (Å²) < 4.78 is 7.49. The Morgan fingerprint density at radius 3 is 2.70 bits per heavy atom. The Labute approximate surface area is 136 Å². The van der Waals surface area contributed by atoms with E-state index in [0.29, 0.717) is 18.2 Å². The summed E-state index contributed by atoms with van der Waals surface area (Å²) in [5.74, 6) is 0.0414. The molecule has 20 heavy (non-hydrogen) atoms. The molecule has 0 spiro atoms. The summed E-state index contributed by atoms with van der Waals surface area (Å²) in [6, 6.07) is 1.90. The molecule has 0 amide bonds. The molecule has 0 aliphatic carbocycles. The first-order chi connectivity index (χ1) is 9.27. The largest absolute Gasteiger partial charge is 0.481 e. The molecule has 5 nitrogen and oxygen atoms in total. The van der Waals surface area contributed by atoms with E-state index in [-0.39, 0.29) is 6.42 Å². The van der Waals surface area contributed by atoms with Crippen LogP contribution in [0.4, 0.5) is 0 Å². The number of rotatable bonds is 5. The molecule has 0 fully saturated rings. The van der Waals surface area contributed by atoms with Crippen molar-refractivity contribution in [1.82, 2.24) is 10.2 Å². The van der Waals surface area contributed by atoms with Gasteiger partial charge in [-0.05, 0) is 43.3 Å². The van der Waals surface area contributed by atoms with Crippen LogP contribution in [0.3, 0.4) is 0 Å². The molecule has 0 aromatic carbocycles. The van der Waals surface area contributed by atoms with Crippen LogP contribution in [0.15, 0.2) is 18.1 Å². The van der Waals surface area contributed by atoms with Crippen LogP contribution in [0.1, 0.15) is 26.2 Å². The molecule has 8 heteroatoms. The van der Waals surface area contributed by atoms with Gasteiger partial charge in [-0.15, -0.1) is 21.5 Å². The van der Waals surface area contributed by atoms with Crippen LogP contribution < -0.4 is 0 Å². The maximum Gasteiger partial charge on any atom is 0.303 e. The van der Waals surface area contributed by atoms with E-state index in [2.05, 4.69) is 42.1 Å². The van der Waals surface area contributed by atoms with Crippen LogP contribution in [-0.4, -0.2) is 21.3 Å². The number of aromatic nitrogens is 2. The van der Waals surface area contributed by atoms with E-state index in [9.17, 15) is 4.79 Å². The maximum atomic E-state index is 10.8. The van der Waals surface area contributed by atoms with E-state index in [1.54, 1.807) is 0 Å². The first-order valence-corrected chi connectivity index (χ1v) is 8.16. The number of aliphatic carboxylic acids is 1. The molecule has 0 saturated heterocycles. The lowest BCUT2D eigenvalue weighted by Crippen LogP contribution is -2.19. The molecule has 0 radical (unpaired) electrons. The highest BCUT2D eigenvalue weighted by Crippen LogP contribution is 2.38. The Bertz CT molecular complexity index is 636. The zero-order chi connectivity index (χ0) is 14.9. The SMILES string of the molecule is CC(C)(CC(=O)O)Cc1nnc(-c2cc(Br)sc2Br)o1. The van der Waals surface area contributed by atoms with Crippen molar-refractivity contribution in [2.45, 2.75) is 26.7 Å². The molecule has 2 aromatic rings. The second-order valence-corrected chi connectivity index (χ2v) is 8.90. The van der Waals surface area contributed by atoms with Gasteiger partial charge in [0, 0.05) is 6.42 Å². The van der Waals surface area contributed by atoms with Gasteiger partial charge >= 0.3 is 5.97 Å². The molecule has 0 aliphatic heterocycles. The van der Waals surface area contributed by atoms with E-state index in [1.807, 2.05) is 19.9 Å². The van der Waals surface area contributed by atoms with Crippen molar-refractivity contribution >= 4 is 49.2 Å². The predicted octanol–water partition coefficient (Wildman–Crippen LogP) is 4.37. The van der Waals surface area contributed by atoms with Crippen molar-refractivity contribution in [3.63, 3.8) is 0 Å². The highest BCUT2D eigenvalue weighted by Gasteiger charge is 2.25. The number of thiophene rings is 1. The summed E-state index contributed by atoms with van der Waals surface area (Å²) in [6.07, 6.45) is 0.480. The van der Waals surface area contributed by atoms with Gasteiger partial charge in [-0.2, -0.15) is 0 Å². The van der Waals surface area contributed by atoms with Gasteiger partial charge in [0.1, 0.15) is 0 Å². The summed E-state index contributed by atoms with van der Waals surface area (Å²) in [5.41, 5.74) is 0.402. The molecule has 1 N–H and O–H groups in total. The van der Waals surface area contributed by atoms with E-state index in [0.717, 1.165) is 13.1 Å². The Kier molecular flexibility index (Phi) is 4.66. The number of carbonyl (C=O) groups is 1. The monoisotopic (exact) mass is 422 g/mol. The fourth-order valence-corrected chi connectivity index (χ4v) is 4.58. The van der Waals surface area contributed by atoms with Crippen molar-refractivity contribution < 1.29 is 14.3 Å². The summed E-state index contributed by atoms with van der Waals surface area (Å²) in [4.78, 5) is 10.8. The quantitative estimate of drug-likeness (QED) is 0.772. The Balaban J connectivity index is 2.17. The average molecular weight is 424 g/mol. The predicted molar refractivity (Wildman–Crippen MR) is 82.7 cm³/mol. The van der Waals surface area contributed by atoms with E-state index >= 15 is 0 Å². The van der Waals surface area contributed by atoms with Crippen molar-refractivity contribution in [3.8, 4) is 11.5 Å². The molecule has 0 atom stereocenters. The lowest BCUT2D eigenvalue weighted by molar-refractivity contribution is -0.139. The number of carboxylic acids is 1. The lowest BCUT2D eigenvalue weighted by Gasteiger charge is -2.19. The number of hydrogen-bond acceptors (Lipinski definition) is 5. The van der Waals surface area contributed by atoms with Gasteiger partial charge in [-0.1, -0.05) is 13.8 Å². The summed E-state index contributed by atoms with van der Waals surface area (Å²) >= 11 is 8.36. The van der Waals surface area contributed by atoms with E-state index < -0.39 is 11.4 Å². The zero-order valence-electron chi connectivity index (χ0n) is 10.8. The van der Waals surface area contributed by atoms with Crippen molar-refractivity contribution in [2.75, 3.05) is 0 Å². The van der Waals surface area contributed by atoms with E-state index in [4.69, 9.17) is 9.52 Å². The van der Waals surface area contributed by atoms with Crippen LogP contribution in [0, 0.1) is 5.41 Å². The molecule has 0 aliphatic rings. The average Bonchev–Trinajstić information content (AvgIpc) is 2.82. The van der Waals surface area contributed by atoms with Crippen molar-refractivity contribution in [2.24, 2.45) is 5.41 Å². The van der Waals surface area contributed by atoms with E-state index in [1.165, 1.54) is 11.3 Å². The standard InChI is InChI=1S/C12H12Br2N2O3S/c1-12(2,5-9(17)18)4-8-15-16-11(19-8)6-3-7(13)20-10(6)14/h3H,4-5H2,1-2H3,(H,17,18). The molecule has 2 aromatic heterocycles. The van der Waals surface area contributed by atoms with Gasteiger partial charge < -0.3 is 9.52 Å². The first kappa shape index (κ1) is 15.7. The van der Waals surface area contributed by atoms with Crippen LogP contribution >= 0.6 is 43.2 Å². The normalized spacial score (nSPS) is 11.8. The molecule has 0 saturated carbocycles. The minimum atomic E-state index is -0.834. The Morgan fingerprint density at radius 2 is 2.15 bits per heavy atom. The minimum Gasteiger partial charge on any atom is -0.481 e. The highest BCUT2D eigenvalue weighted by atomic mass is 79.9. The fraction of sp³-hybridized carbons (Fsp3) is 0.417. The molecule has 2 heterocycles. The van der Waals surface area contributed by atoms with Gasteiger partial charge in [0.25, 0.3) is 0 Å². The van der Waals surface area contributed by atoms with Gasteiger partial charge in [0.15, 0.2) is 0 Å². The first-order valence-electron chi connectivity index (χ1n) is 5.76. The smallest absolute Gasteiger partial charge is 0.303 e. The van der Waals surface area contributed by atoms with Crippen molar-refractivity contribution in [1.29, 1.82) is 0 Å². The van der Waals surface area contributed by atoms with Gasteiger partial charge in [0.2, 0.25) is 11.8 Å². The van der Waals surface area contributed by atoms with Gasteiger partial charge in [-0.3, -0.25) is 4.79 Å². The van der Waals surface area contributed by atoms with Crippen LogP contribution in [-0.2, 0) is 11.2 Å². The van der Waals surface area contributed by atoms with Crippen LogP contribution in [0.2, 0.25) is 0 Å². The molecule has 2 rings (SSSR count). The van der Waals surface area contributed by atoms with Crippen molar-refractivity contribution in [3.05, 3.63) is 19.5 Å². The third-order valence-electron chi connectivity index (χ3n) is 2.61. The second kappa shape index (κ2) is 5.95. The highest BCUT2D eigenvalue weighted by molar-refractivity contribution is 9.12. The molecule has 108 valence electrons. The summed E-state index contributed by atoms with van der Waals surface area (Å²) in [6.45, 7) is 3.73. The molecular formula is C12H12Br2N2O3S. The molecule has 0 unspecified atom stereocenters. The third kappa shape index (κ3) is 3.89. The summed E-state index contributed by atoms with van der Waals surface area (Å²) in [7, 11) is 0.